The van der Waals surface area contributed by atoms with Crippen molar-refractivity contribution in [1.29, 1.82) is 0 Å². The molecule has 0 saturated carbocycles. The minimum atomic E-state index is -0.227. The number of hydrogen-bond donors (Lipinski definition) is 2. The zero-order valence-electron chi connectivity index (χ0n) is 17.5. The molecule has 0 aliphatic rings. The van der Waals surface area contributed by atoms with Crippen molar-refractivity contribution in [3.63, 3.8) is 0 Å². The van der Waals surface area contributed by atoms with Crippen molar-refractivity contribution < 1.29 is 14.6 Å². The molecule has 0 aliphatic carbocycles. The Labute approximate surface area is 168 Å². The van der Waals surface area contributed by atoms with Crippen LogP contribution < -0.4 is 10.1 Å². The monoisotopic (exact) mass is 384 g/mol. The Morgan fingerprint density at radius 2 is 1.86 bits per heavy atom. The third-order valence-electron chi connectivity index (χ3n) is 4.73. The zero-order chi connectivity index (χ0) is 20.7. The fourth-order valence-corrected chi connectivity index (χ4v) is 2.83. The molecule has 1 aromatic carbocycles. The van der Waals surface area contributed by atoms with Gasteiger partial charge >= 0.3 is 0 Å². The molecule has 1 amide bonds. The van der Waals surface area contributed by atoms with Crippen LogP contribution in [0.2, 0.25) is 0 Å². The van der Waals surface area contributed by atoms with Crippen LogP contribution in [0.25, 0.3) is 0 Å². The molecular formula is C23H32N2O3. The number of ether oxygens (including phenoxy) is 1. The van der Waals surface area contributed by atoms with Crippen LogP contribution in [0.1, 0.15) is 63.9 Å². The number of carbonyl (C=O) groups is 1. The Morgan fingerprint density at radius 3 is 2.36 bits per heavy atom. The maximum absolute atomic E-state index is 12.4. The van der Waals surface area contributed by atoms with Gasteiger partial charge in [0.1, 0.15) is 11.9 Å². The van der Waals surface area contributed by atoms with Gasteiger partial charge in [0.05, 0.1) is 31.0 Å². The minimum Gasteiger partial charge on any atom is -0.486 e. The molecule has 5 nitrogen and oxygen atoms in total. The molecule has 2 unspecified atom stereocenters. The fraction of sp³-hybridized carbons (Fsp3) is 0.478. The van der Waals surface area contributed by atoms with Gasteiger partial charge in [-0.3, -0.25) is 9.78 Å². The predicted octanol–water partition coefficient (Wildman–Crippen LogP) is 3.95. The van der Waals surface area contributed by atoms with Gasteiger partial charge in [-0.05, 0) is 42.0 Å². The van der Waals surface area contributed by atoms with Crippen molar-refractivity contribution in [2.45, 2.75) is 65.0 Å². The molecule has 1 heterocycles. The van der Waals surface area contributed by atoms with Crippen molar-refractivity contribution in [1.82, 2.24) is 10.3 Å². The molecule has 2 atom stereocenters. The van der Waals surface area contributed by atoms with E-state index in [1.165, 1.54) is 5.56 Å². The van der Waals surface area contributed by atoms with Crippen LogP contribution >= 0.6 is 0 Å². The second-order valence-electron chi connectivity index (χ2n) is 8.16. The summed E-state index contributed by atoms with van der Waals surface area (Å²) in [6.07, 6.45) is 2.46. The molecule has 0 fully saturated rings. The summed E-state index contributed by atoms with van der Waals surface area (Å²) in [6.45, 7) is 10.4. The van der Waals surface area contributed by atoms with E-state index in [-0.39, 0.29) is 30.1 Å². The van der Waals surface area contributed by atoms with Crippen LogP contribution in [0, 0.1) is 0 Å². The first-order valence-electron chi connectivity index (χ1n) is 9.85. The highest BCUT2D eigenvalue weighted by molar-refractivity contribution is 5.79. The Hall–Kier alpha value is -2.40. The lowest BCUT2D eigenvalue weighted by atomic mass is 9.86. The fourth-order valence-electron chi connectivity index (χ4n) is 2.83. The molecule has 0 bridgehead atoms. The van der Waals surface area contributed by atoms with Gasteiger partial charge in [-0.2, -0.15) is 0 Å². The zero-order valence-corrected chi connectivity index (χ0v) is 17.5. The molecule has 28 heavy (non-hydrogen) atoms. The standard InChI is InChI=1S/C23H32N2O3/c1-6-19(15-26)28-20-11-12-21(24-14-20)16(2)25-22(27)13-17-7-9-18(10-8-17)23(3,4)5/h7-12,14,16,19,26H,6,13,15H2,1-5H3,(H,25,27). The number of pyridine rings is 1. The summed E-state index contributed by atoms with van der Waals surface area (Å²) in [7, 11) is 0. The molecule has 0 saturated heterocycles. The molecule has 152 valence electrons. The Balaban J connectivity index is 1.91. The Kier molecular flexibility index (Phi) is 7.58. The largest absolute Gasteiger partial charge is 0.486 e. The summed E-state index contributed by atoms with van der Waals surface area (Å²) >= 11 is 0. The SMILES string of the molecule is CCC(CO)Oc1ccc(C(C)NC(=O)Cc2ccc(C(C)(C)C)cc2)nc1. The maximum atomic E-state index is 12.4. The molecule has 2 aromatic rings. The molecule has 2 rings (SSSR count). The molecule has 2 N–H and O–H groups in total. The van der Waals surface area contributed by atoms with E-state index < -0.39 is 0 Å². The molecule has 5 heteroatoms. The van der Waals surface area contributed by atoms with Crippen LogP contribution in [0.4, 0.5) is 0 Å². The van der Waals surface area contributed by atoms with Crippen LogP contribution in [0.15, 0.2) is 42.6 Å². The minimum absolute atomic E-state index is 0.0263. The van der Waals surface area contributed by atoms with Crippen LogP contribution in [-0.2, 0) is 16.6 Å². The quantitative estimate of drug-likeness (QED) is 0.723. The average Bonchev–Trinajstić information content (AvgIpc) is 2.66. The van der Waals surface area contributed by atoms with E-state index in [9.17, 15) is 9.90 Å². The summed E-state index contributed by atoms with van der Waals surface area (Å²) in [5, 5.41) is 12.2. The van der Waals surface area contributed by atoms with Crippen LogP contribution in [0.3, 0.4) is 0 Å². The van der Waals surface area contributed by atoms with Gasteiger partial charge < -0.3 is 15.2 Å². The lowest BCUT2D eigenvalue weighted by molar-refractivity contribution is -0.121. The smallest absolute Gasteiger partial charge is 0.224 e. The first-order valence-corrected chi connectivity index (χ1v) is 9.85. The second kappa shape index (κ2) is 9.69. The van der Waals surface area contributed by atoms with Crippen molar-refractivity contribution in [3.05, 3.63) is 59.4 Å². The number of nitrogens with one attached hydrogen (secondary N) is 1. The molecular weight excluding hydrogens is 352 g/mol. The first kappa shape index (κ1) is 21.9. The van der Waals surface area contributed by atoms with Gasteiger partial charge in [0.2, 0.25) is 5.91 Å². The summed E-state index contributed by atoms with van der Waals surface area (Å²) in [6, 6.07) is 11.7. The summed E-state index contributed by atoms with van der Waals surface area (Å²) < 4.78 is 5.64. The van der Waals surface area contributed by atoms with Crippen molar-refractivity contribution in [2.24, 2.45) is 0 Å². The van der Waals surface area contributed by atoms with Gasteiger partial charge in [-0.1, -0.05) is 52.0 Å². The number of hydrogen-bond acceptors (Lipinski definition) is 4. The lowest BCUT2D eigenvalue weighted by Gasteiger charge is -2.19. The Morgan fingerprint density at radius 1 is 1.18 bits per heavy atom. The highest BCUT2D eigenvalue weighted by Crippen LogP contribution is 2.22. The third-order valence-corrected chi connectivity index (χ3v) is 4.73. The molecule has 0 radical (unpaired) electrons. The molecule has 0 aliphatic heterocycles. The number of aliphatic hydroxyl groups is 1. The number of amides is 1. The van der Waals surface area contributed by atoms with Gasteiger partial charge in [-0.15, -0.1) is 0 Å². The number of nitrogens with zero attached hydrogens (tertiary/aromatic N) is 1. The van der Waals surface area contributed by atoms with Gasteiger partial charge in [0, 0.05) is 0 Å². The third kappa shape index (κ3) is 6.34. The maximum Gasteiger partial charge on any atom is 0.224 e. The van der Waals surface area contributed by atoms with E-state index in [0.717, 1.165) is 17.7 Å². The lowest BCUT2D eigenvalue weighted by Crippen LogP contribution is -2.28. The van der Waals surface area contributed by atoms with Gasteiger partial charge in [0.15, 0.2) is 0 Å². The molecule has 0 spiro atoms. The van der Waals surface area contributed by atoms with E-state index in [1.807, 2.05) is 38.1 Å². The van der Waals surface area contributed by atoms with E-state index in [2.05, 4.69) is 43.2 Å². The van der Waals surface area contributed by atoms with Crippen molar-refractivity contribution in [3.8, 4) is 5.75 Å². The van der Waals surface area contributed by atoms with Crippen molar-refractivity contribution >= 4 is 5.91 Å². The second-order valence-corrected chi connectivity index (χ2v) is 8.16. The number of carbonyl (C=O) groups excluding carboxylic acids is 1. The topological polar surface area (TPSA) is 71.5 Å². The molecule has 1 aromatic heterocycles. The van der Waals surface area contributed by atoms with Crippen LogP contribution in [0.5, 0.6) is 5.75 Å². The number of aromatic nitrogens is 1. The van der Waals surface area contributed by atoms with E-state index in [1.54, 1.807) is 6.20 Å². The highest BCUT2D eigenvalue weighted by atomic mass is 16.5. The number of benzene rings is 1. The highest BCUT2D eigenvalue weighted by Gasteiger charge is 2.15. The predicted molar refractivity (Wildman–Crippen MR) is 111 cm³/mol. The summed E-state index contributed by atoms with van der Waals surface area (Å²) in [5.41, 5.74) is 3.11. The van der Waals surface area contributed by atoms with Gasteiger partial charge in [0.25, 0.3) is 0 Å². The van der Waals surface area contributed by atoms with E-state index in [4.69, 9.17) is 4.74 Å². The van der Waals surface area contributed by atoms with Crippen LogP contribution in [-0.4, -0.2) is 28.7 Å². The normalized spacial score (nSPS) is 13.6. The average molecular weight is 385 g/mol. The number of aliphatic hydroxyl groups excluding tert-OH is 1. The summed E-state index contributed by atoms with van der Waals surface area (Å²) in [4.78, 5) is 16.8. The van der Waals surface area contributed by atoms with E-state index >= 15 is 0 Å². The number of rotatable bonds is 8. The first-order chi connectivity index (χ1) is 13.2. The van der Waals surface area contributed by atoms with Crippen molar-refractivity contribution in [2.75, 3.05) is 6.61 Å². The summed E-state index contributed by atoms with van der Waals surface area (Å²) in [5.74, 6) is 0.576. The van der Waals surface area contributed by atoms with Gasteiger partial charge in [-0.25, -0.2) is 0 Å². The Bertz CT molecular complexity index is 745. The van der Waals surface area contributed by atoms with E-state index in [0.29, 0.717) is 12.2 Å².